The molecule has 0 amide bonds. The largest absolute Gasteiger partial charge is 0.481 e. The topological polar surface area (TPSA) is 37.3 Å². The fraction of sp³-hybridized carbons (Fsp3) is 0.857. The summed E-state index contributed by atoms with van der Waals surface area (Å²) in [7, 11) is 0. The Morgan fingerprint density at radius 3 is 2.36 bits per heavy atom. The number of thiol groups is 2. The number of hydrogen-bond acceptors (Lipinski definition) is 3. The average molecular weight is 192 g/mol. The molecule has 0 saturated heterocycles. The summed E-state index contributed by atoms with van der Waals surface area (Å²) in [6.07, 6.45) is 2.28. The zero-order valence-electron chi connectivity index (χ0n) is 6.10. The highest BCUT2D eigenvalue weighted by Gasteiger charge is 2.29. The average Bonchev–Trinajstić information content (AvgIpc) is 1.94. The van der Waals surface area contributed by atoms with Crippen molar-refractivity contribution in [3.8, 4) is 0 Å². The van der Waals surface area contributed by atoms with Crippen LogP contribution in [-0.2, 0) is 4.79 Å². The third-order valence-corrected chi connectivity index (χ3v) is 3.55. The van der Waals surface area contributed by atoms with Crippen LogP contribution in [0.4, 0.5) is 0 Å². The second-order valence-electron chi connectivity index (χ2n) is 2.98. The summed E-state index contributed by atoms with van der Waals surface area (Å²) in [5.41, 5.74) is 0. The first-order valence-electron chi connectivity index (χ1n) is 3.70. The molecule has 1 N–H and O–H groups in total. The Hall–Kier alpha value is 0.170. The third kappa shape index (κ3) is 2.30. The van der Waals surface area contributed by atoms with Gasteiger partial charge in [0.05, 0.1) is 5.92 Å². The molecule has 4 heteroatoms. The van der Waals surface area contributed by atoms with E-state index in [0.29, 0.717) is 6.42 Å². The van der Waals surface area contributed by atoms with Crippen LogP contribution in [0.2, 0.25) is 0 Å². The maximum atomic E-state index is 10.5. The van der Waals surface area contributed by atoms with Crippen molar-refractivity contribution in [1.82, 2.24) is 0 Å². The van der Waals surface area contributed by atoms with E-state index in [1.54, 1.807) is 0 Å². The van der Waals surface area contributed by atoms with Crippen molar-refractivity contribution in [2.45, 2.75) is 29.8 Å². The maximum Gasteiger partial charge on any atom is 0.306 e. The van der Waals surface area contributed by atoms with Gasteiger partial charge < -0.3 is 5.11 Å². The summed E-state index contributed by atoms with van der Waals surface area (Å²) >= 11 is 8.57. The molecule has 0 aliphatic heterocycles. The van der Waals surface area contributed by atoms with Crippen LogP contribution in [-0.4, -0.2) is 21.6 Å². The number of aliphatic carboxylic acids is 1. The molecule has 1 aliphatic carbocycles. The molecule has 0 heterocycles. The maximum absolute atomic E-state index is 10.5. The molecule has 0 aromatic rings. The van der Waals surface area contributed by atoms with Crippen LogP contribution < -0.4 is 0 Å². The highest BCUT2D eigenvalue weighted by molar-refractivity contribution is 7.85. The summed E-state index contributed by atoms with van der Waals surface area (Å²) in [5, 5.41) is 9.10. The highest BCUT2D eigenvalue weighted by atomic mass is 32.1. The van der Waals surface area contributed by atoms with E-state index in [-0.39, 0.29) is 16.4 Å². The van der Waals surface area contributed by atoms with Gasteiger partial charge in [0.25, 0.3) is 0 Å². The van der Waals surface area contributed by atoms with Crippen LogP contribution >= 0.6 is 25.3 Å². The van der Waals surface area contributed by atoms with Crippen molar-refractivity contribution in [3.05, 3.63) is 0 Å². The van der Waals surface area contributed by atoms with Gasteiger partial charge in [-0.25, -0.2) is 0 Å². The van der Waals surface area contributed by atoms with Gasteiger partial charge >= 0.3 is 5.97 Å². The quantitative estimate of drug-likeness (QED) is 0.550. The fourth-order valence-electron chi connectivity index (χ4n) is 1.36. The lowest BCUT2D eigenvalue weighted by Gasteiger charge is -2.28. The van der Waals surface area contributed by atoms with Crippen molar-refractivity contribution < 1.29 is 9.90 Å². The van der Waals surface area contributed by atoms with Gasteiger partial charge in [0.1, 0.15) is 0 Å². The highest BCUT2D eigenvalue weighted by Crippen LogP contribution is 2.30. The summed E-state index contributed by atoms with van der Waals surface area (Å²) in [5.74, 6) is -0.884. The number of carbonyl (C=O) groups is 1. The molecular weight excluding hydrogens is 180 g/mol. The Bertz CT molecular complexity index is 161. The van der Waals surface area contributed by atoms with E-state index in [9.17, 15) is 4.79 Å². The molecule has 64 valence electrons. The molecule has 2 nitrogen and oxygen atoms in total. The Morgan fingerprint density at radius 1 is 1.27 bits per heavy atom. The Labute approximate surface area is 77.2 Å². The molecule has 11 heavy (non-hydrogen) atoms. The van der Waals surface area contributed by atoms with Crippen molar-refractivity contribution in [2.75, 3.05) is 0 Å². The predicted octanol–water partition coefficient (Wildman–Crippen LogP) is 1.47. The van der Waals surface area contributed by atoms with Crippen molar-refractivity contribution in [1.29, 1.82) is 0 Å². The molecule has 0 aromatic carbocycles. The van der Waals surface area contributed by atoms with Gasteiger partial charge in [-0.3, -0.25) is 4.79 Å². The van der Waals surface area contributed by atoms with Crippen LogP contribution in [0.5, 0.6) is 0 Å². The van der Waals surface area contributed by atoms with E-state index >= 15 is 0 Å². The lowest BCUT2D eigenvalue weighted by Crippen LogP contribution is -2.30. The minimum absolute atomic E-state index is 0.146. The van der Waals surface area contributed by atoms with Crippen molar-refractivity contribution in [3.63, 3.8) is 0 Å². The predicted molar refractivity (Wildman–Crippen MR) is 50.5 cm³/mol. The summed E-state index contributed by atoms with van der Waals surface area (Å²) in [6.45, 7) is 0. The second kappa shape index (κ2) is 3.72. The zero-order chi connectivity index (χ0) is 8.43. The monoisotopic (exact) mass is 192 g/mol. The molecule has 0 radical (unpaired) electrons. The minimum Gasteiger partial charge on any atom is -0.481 e. The smallest absolute Gasteiger partial charge is 0.306 e. The molecule has 1 saturated carbocycles. The first kappa shape index (κ1) is 9.26. The lowest BCUT2D eigenvalue weighted by atomic mass is 9.88. The number of carboxylic acids is 1. The first-order chi connectivity index (χ1) is 5.11. The SMILES string of the molecule is O=C(O)C1CCC(S)C(S)C1. The van der Waals surface area contributed by atoms with E-state index in [1.807, 2.05) is 0 Å². The van der Waals surface area contributed by atoms with Crippen molar-refractivity contribution in [2.24, 2.45) is 5.92 Å². The summed E-state index contributed by atoms with van der Waals surface area (Å²) < 4.78 is 0. The minimum atomic E-state index is -0.690. The van der Waals surface area contributed by atoms with Crippen LogP contribution in [0.3, 0.4) is 0 Å². The van der Waals surface area contributed by atoms with Crippen LogP contribution in [0.15, 0.2) is 0 Å². The molecule has 1 rings (SSSR count). The van der Waals surface area contributed by atoms with E-state index in [2.05, 4.69) is 25.3 Å². The number of hydrogen-bond donors (Lipinski definition) is 3. The molecular formula is C7H12O2S2. The molecule has 3 unspecified atom stereocenters. The Balaban J connectivity index is 2.46. The van der Waals surface area contributed by atoms with Gasteiger partial charge in [-0.1, -0.05) is 0 Å². The van der Waals surface area contributed by atoms with E-state index in [4.69, 9.17) is 5.11 Å². The standard InChI is InChI=1S/C7H12O2S2/c8-7(9)4-1-2-5(10)6(11)3-4/h4-6,10-11H,1-3H2,(H,8,9). The lowest BCUT2D eigenvalue weighted by molar-refractivity contribution is -0.142. The molecule has 0 spiro atoms. The molecule has 0 bridgehead atoms. The Morgan fingerprint density at radius 2 is 1.91 bits per heavy atom. The molecule has 3 atom stereocenters. The van der Waals surface area contributed by atoms with Gasteiger partial charge in [0, 0.05) is 10.5 Å². The van der Waals surface area contributed by atoms with Crippen molar-refractivity contribution >= 4 is 31.2 Å². The van der Waals surface area contributed by atoms with Gasteiger partial charge in [-0.05, 0) is 19.3 Å². The second-order valence-corrected chi connectivity index (χ2v) is 4.31. The van der Waals surface area contributed by atoms with E-state index in [0.717, 1.165) is 12.8 Å². The molecule has 1 aliphatic rings. The summed E-state index contributed by atoms with van der Waals surface area (Å²) in [6, 6.07) is 0. The van der Waals surface area contributed by atoms with Gasteiger partial charge in [0.15, 0.2) is 0 Å². The van der Waals surface area contributed by atoms with E-state index in [1.165, 1.54) is 0 Å². The van der Waals surface area contributed by atoms with E-state index < -0.39 is 5.97 Å². The Kier molecular flexibility index (Phi) is 3.13. The van der Waals surface area contributed by atoms with Gasteiger partial charge in [-0.2, -0.15) is 25.3 Å². The molecule has 1 fully saturated rings. The molecule has 0 aromatic heterocycles. The zero-order valence-corrected chi connectivity index (χ0v) is 7.89. The van der Waals surface area contributed by atoms with Crippen LogP contribution in [0, 0.1) is 5.92 Å². The normalized spacial score (nSPS) is 38.5. The fourth-order valence-corrected chi connectivity index (χ4v) is 2.03. The number of rotatable bonds is 1. The third-order valence-electron chi connectivity index (χ3n) is 2.13. The van der Waals surface area contributed by atoms with Gasteiger partial charge in [0.2, 0.25) is 0 Å². The summed E-state index contributed by atoms with van der Waals surface area (Å²) in [4.78, 5) is 10.5. The number of carboxylic acid groups (broad SMARTS) is 1. The van der Waals surface area contributed by atoms with Crippen LogP contribution in [0.25, 0.3) is 0 Å². The first-order valence-corrected chi connectivity index (χ1v) is 4.73. The van der Waals surface area contributed by atoms with Crippen LogP contribution in [0.1, 0.15) is 19.3 Å². The van der Waals surface area contributed by atoms with Gasteiger partial charge in [-0.15, -0.1) is 0 Å².